The monoisotopic (exact) mass is 206 g/mol. The first-order valence-electron chi connectivity index (χ1n) is 5.01. The van der Waals surface area contributed by atoms with Gasteiger partial charge < -0.3 is 4.90 Å². The van der Waals surface area contributed by atoms with E-state index in [9.17, 15) is 4.39 Å². The molecule has 0 aliphatic carbocycles. The molecule has 78 valence electrons. The van der Waals surface area contributed by atoms with Crippen molar-refractivity contribution < 1.29 is 4.39 Å². The van der Waals surface area contributed by atoms with Gasteiger partial charge in [-0.3, -0.25) is 0 Å². The van der Waals surface area contributed by atoms with Crippen molar-refractivity contribution in [3.63, 3.8) is 0 Å². The van der Waals surface area contributed by atoms with E-state index >= 15 is 0 Å². The number of nitrogens with zero attached hydrogens (tertiary/aromatic N) is 4. The van der Waals surface area contributed by atoms with E-state index < -0.39 is 0 Å². The highest BCUT2D eigenvalue weighted by atomic mass is 19.1. The van der Waals surface area contributed by atoms with Gasteiger partial charge in [0.15, 0.2) is 11.5 Å². The summed E-state index contributed by atoms with van der Waals surface area (Å²) in [6, 6.07) is 1.53. The second-order valence-corrected chi connectivity index (χ2v) is 3.81. The van der Waals surface area contributed by atoms with Crippen molar-refractivity contribution in [2.45, 2.75) is 13.3 Å². The molecule has 4 nitrogen and oxygen atoms in total. The van der Waals surface area contributed by atoms with Gasteiger partial charge >= 0.3 is 0 Å². The molecule has 0 bridgehead atoms. The van der Waals surface area contributed by atoms with Crippen LogP contribution >= 0.6 is 0 Å². The number of anilines is 1. The maximum Gasteiger partial charge on any atom is 0.191 e. The minimum absolute atomic E-state index is 0.303. The second-order valence-electron chi connectivity index (χ2n) is 3.81. The quantitative estimate of drug-likeness (QED) is 0.707. The van der Waals surface area contributed by atoms with Crippen molar-refractivity contribution in [1.82, 2.24) is 14.6 Å². The Kier molecular flexibility index (Phi) is 1.68. The van der Waals surface area contributed by atoms with Gasteiger partial charge in [-0.2, -0.15) is 5.10 Å². The van der Waals surface area contributed by atoms with E-state index in [4.69, 9.17) is 0 Å². The summed E-state index contributed by atoms with van der Waals surface area (Å²) < 4.78 is 15.1. The molecule has 0 amide bonds. The molecule has 0 saturated carbocycles. The summed E-state index contributed by atoms with van der Waals surface area (Å²) in [6.45, 7) is 3.76. The molecular weight excluding hydrogens is 195 g/mol. The molecule has 1 fully saturated rings. The summed E-state index contributed by atoms with van der Waals surface area (Å²) >= 11 is 0. The van der Waals surface area contributed by atoms with Gasteiger partial charge in [-0.15, -0.1) is 0 Å². The van der Waals surface area contributed by atoms with Crippen LogP contribution in [0.3, 0.4) is 0 Å². The summed E-state index contributed by atoms with van der Waals surface area (Å²) in [7, 11) is 0. The van der Waals surface area contributed by atoms with Gasteiger partial charge in [0.25, 0.3) is 0 Å². The van der Waals surface area contributed by atoms with E-state index in [0.717, 1.165) is 18.8 Å². The molecule has 0 atom stereocenters. The Balaban J connectivity index is 2.17. The lowest BCUT2D eigenvalue weighted by Crippen LogP contribution is -2.37. The van der Waals surface area contributed by atoms with E-state index in [-0.39, 0.29) is 5.82 Å². The van der Waals surface area contributed by atoms with Crippen molar-refractivity contribution in [2.24, 2.45) is 0 Å². The van der Waals surface area contributed by atoms with Crippen LogP contribution in [0.2, 0.25) is 0 Å². The molecule has 5 heteroatoms. The maximum atomic E-state index is 13.6. The normalized spacial score (nSPS) is 15.7. The zero-order chi connectivity index (χ0) is 10.4. The Bertz CT molecular complexity index is 515. The van der Waals surface area contributed by atoms with Gasteiger partial charge in [0.05, 0.1) is 11.9 Å². The zero-order valence-electron chi connectivity index (χ0n) is 8.44. The van der Waals surface area contributed by atoms with Gasteiger partial charge in [-0.1, -0.05) is 0 Å². The predicted molar refractivity (Wildman–Crippen MR) is 54.5 cm³/mol. The Morgan fingerprint density at radius 3 is 2.87 bits per heavy atom. The molecule has 1 aliphatic heterocycles. The van der Waals surface area contributed by atoms with Crippen LogP contribution in [0.4, 0.5) is 10.1 Å². The topological polar surface area (TPSA) is 33.4 Å². The highest BCUT2D eigenvalue weighted by Crippen LogP contribution is 2.22. The van der Waals surface area contributed by atoms with Gasteiger partial charge in [-0.05, 0) is 13.3 Å². The molecule has 0 radical (unpaired) electrons. The molecule has 2 aromatic heterocycles. The third-order valence-corrected chi connectivity index (χ3v) is 2.70. The SMILES string of the molecule is Cc1nc2c(F)cc(N3CCC3)cn2n1. The minimum Gasteiger partial charge on any atom is -0.370 e. The number of hydrogen-bond donors (Lipinski definition) is 0. The third-order valence-electron chi connectivity index (χ3n) is 2.70. The average molecular weight is 206 g/mol. The Labute approximate surface area is 86.3 Å². The predicted octanol–water partition coefficient (Wildman–Crippen LogP) is 1.39. The maximum absolute atomic E-state index is 13.6. The van der Waals surface area contributed by atoms with Crippen LogP contribution in [0.1, 0.15) is 12.2 Å². The lowest BCUT2D eigenvalue weighted by Gasteiger charge is -2.32. The van der Waals surface area contributed by atoms with E-state index in [2.05, 4.69) is 15.0 Å². The van der Waals surface area contributed by atoms with Crippen LogP contribution in [0.5, 0.6) is 0 Å². The molecule has 15 heavy (non-hydrogen) atoms. The van der Waals surface area contributed by atoms with Gasteiger partial charge in [0.1, 0.15) is 5.82 Å². The van der Waals surface area contributed by atoms with Crippen molar-refractivity contribution in [3.8, 4) is 0 Å². The Morgan fingerprint density at radius 1 is 1.40 bits per heavy atom. The number of aromatic nitrogens is 3. The minimum atomic E-state index is -0.306. The van der Waals surface area contributed by atoms with Gasteiger partial charge in [0.2, 0.25) is 0 Å². The van der Waals surface area contributed by atoms with Crippen molar-refractivity contribution >= 4 is 11.3 Å². The first-order valence-corrected chi connectivity index (χ1v) is 5.01. The van der Waals surface area contributed by atoms with Crippen LogP contribution in [0, 0.1) is 12.7 Å². The van der Waals surface area contributed by atoms with Gasteiger partial charge in [0, 0.05) is 19.2 Å². The smallest absolute Gasteiger partial charge is 0.191 e. The molecule has 0 aromatic carbocycles. The summed E-state index contributed by atoms with van der Waals surface area (Å²) in [6.07, 6.45) is 3.01. The highest BCUT2D eigenvalue weighted by Gasteiger charge is 2.17. The molecule has 1 saturated heterocycles. The molecule has 0 spiro atoms. The van der Waals surface area contributed by atoms with Crippen molar-refractivity contribution in [1.29, 1.82) is 0 Å². The standard InChI is InChI=1S/C10H11FN4/c1-7-12-10-9(11)5-8(6-15(10)13-7)14-3-2-4-14/h5-6H,2-4H2,1H3. The fourth-order valence-corrected chi connectivity index (χ4v) is 1.79. The van der Waals surface area contributed by atoms with Crippen LogP contribution in [0.25, 0.3) is 5.65 Å². The van der Waals surface area contributed by atoms with Crippen molar-refractivity contribution in [3.05, 3.63) is 23.9 Å². The largest absolute Gasteiger partial charge is 0.370 e. The molecular formula is C10H11FN4. The Hall–Kier alpha value is -1.65. The number of fused-ring (bicyclic) bond motifs is 1. The zero-order valence-corrected chi connectivity index (χ0v) is 8.44. The van der Waals surface area contributed by atoms with Gasteiger partial charge in [-0.25, -0.2) is 13.9 Å². The molecule has 0 N–H and O–H groups in total. The fourth-order valence-electron chi connectivity index (χ4n) is 1.79. The van der Waals surface area contributed by atoms with E-state index in [1.54, 1.807) is 6.92 Å². The fraction of sp³-hybridized carbons (Fsp3) is 0.400. The first kappa shape index (κ1) is 8.64. The number of hydrogen-bond acceptors (Lipinski definition) is 3. The number of rotatable bonds is 1. The number of halogens is 1. The lowest BCUT2D eigenvalue weighted by molar-refractivity contribution is 0.599. The van der Waals surface area contributed by atoms with Crippen molar-refractivity contribution in [2.75, 3.05) is 18.0 Å². The van der Waals surface area contributed by atoms with Crippen LogP contribution < -0.4 is 4.90 Å². The Morgan fingerprint density at radius 2 is 2.20 bits per heavy atom. The summed E-state index contributed by atoms with van der Waals surface area (Å²) in [5.74, 6) is 0.287. The molecule has 2 aromatic rings. The summed E-state index contributed by atoms with van der Waals surface area (Å²) in [5, 5.41) is 4.11. The molecule has 1 aliphatic rings. The second kappa shape index (κ2) is 2.92. The first-order chi connectivity index (χ1) is 7.24. The molecule has 0 unspecified atom stereocenters. The summed E-state index contributed by atoms with van der Waals surface area (Å²) in [5.41, 5.74) is 1.19. The molecule has 3 rings (SSSR count). The molecule has 3 heterocycles. The summed E-state index contributed by atoms with van der Waals surface area (Å²) in [4.78, 5) is 6.14. The van der Waals surface area contributed by atoms with E-state index in [1.165, 1.54) is 17.0 Å². The lowest BCUT2D eigenvalue weighted by atomic mass is 10.2. The van der Waals surface area contributed by atoms with E-state index in [0.29, 0.717) is 11.5 Å². The van der Waals surface area contributed by atoms with Crippen LogP contribution in [0.15, 0.2) is 12.3 Å². The number of aryl methyl sites for hydroxylation is 1. The highest BCUT2D eigenvalue weighted by molar-refractivity contribution is 5.53. The average Bonchev–Trinajstić information content (AvgIpc) is 2.42. The number of pyridine rings is 1. The van der Waals surface area contributed by atoms with E-state index in [1.807, 2.05) is 6.20 Å². The third kappa shape index (κ3) is 1.26. The van der Waals surface area contributed by atoms with Crippen LogP contribution in [-0.2, 0) is 0 Å². The van der Waals surface area contributed by atoms with Crippen LogP contribution in [-0.4, -0.2) is 27.7 Å².